The number of ether oxygens (including phenoxy) is 1. The van der Waals surface area contributed by atoms with E-state index in [9.17, 15) is 13.6 Å². The number of alkyl halides is 1. The molecule has 0 spiro atoms. The van der Waals surface area contributed by atoms with Gasteiger partial charge in [-0.15, -0.1) is 0 Å². The summed E-state index contributed by atoms with van der Waals surface area (Å²) >= 11 is 6.26. The van der Waals surface area contributed by atoms with Crippen LogP contribution in [-0.4, -0.2) is 68.7 Å². The van der Waals surface area contributed by atoms with Crippen LogP contribution in [0, 0.1) is 24.5 Å². The van der Waals surface area contributed by atoms with Gasteiger partial charge in [-0.3, -0.25) is 9.48 Å². The third-order valence-electron chi connectivity index (χ3n) is 8.43. The van der Waals surface area contributed by atoms with Crippen LogP contribution in [0.4, 0.5) is 13.2 Å². The molecule has 3 heterocycles. The second kappa shape index (κ2) is 13.4. The average molecular weight is 643 g/mol. The van der Waals surface area contributed by atoms with E-state index in [2.05, 4.69) is 10.4 Å². The van der Waals surface area contributed by atoms with Gasteiger partial charge in [-0.2, -0.15) is 5.10 Å². The number of nitrogens with zero attached hydrogens (tertiary/aromatic N) is 5. The monoisotopic (exact) mass is 642 g/mol. The fraction of sp³-hybridized carbons (Fsp3) is 0.424. The lowest BCUT2D eigenvalue weighted by Crippen LogP contribution is -2.50. The molecule has 0 radical (unpaired) electrons. The molecular formula is C33H38ClF3N6O2. The van der Waals surface area contributed by atoms with Crippen LogP contribution < -0.4 is 5.32 Å². The van der Waals surface area contributed by atoms with Gasteiger partial charge in [0, 0.05) is 56.6 Å². The Morgan fingerprint density at radius 3 is 2.64 bits per heavy atom. The Morgan fingerprint density at radius 1 is 1.22 bits per heavy atom. The first kappa shape index (κ1) is 32.7. The number of imidazole rings is 1. The predicted octanol–water partition coefficient (Wildman–Crippen LogP) is 6.13. The first-order valence-electron chi connectivity index (χ1n) is 14.8. The lowest BCUT2D eigenvalue weighted by atomic mass is 9.93. The normalized spacial score (nSPS) is 17.5. The summed E-state index contributed by atoms with van der Waals surface area (Å²) in [6, 6.07) is 11.0. The van der Waals surface area contributed by atoms with Gasteiger partial charge >= 0.3 is 0 Å². The number of rotatable bonds is 11. The van der Waals surface area contributed by atoms with Gasteiger partial charge in [0.25, 0.3) is 5.91 Å². The van der Waals surface area contributed by atoms with E-state index in [0.717, 1.165) is 0 Å². The third kappa shape index (κ3) is 7.10. The van der Waals surface area contributed by atoms with Gasteiger partial charge in [-0.05, 0) is 75.1 Å². The van der Waals surface area contributed by atoms with Crippen LogP contribution in [0.2, 0.25) is 5.02 Å². The van der Waals surface area contributed by atoms with Crippen molar-refractivity contribution in [1.82, 2.24) is 29.5 Å². The number of halogens is 4. The molecule has 1 saturated heterocycles. The van der Waals surface area contributed by atoms with E-state index >= 15 is 4.39 Å². The molecule has 0 unspecified atom stereocenters. The molecular weight excluding hydrogens is 605 g/mol. The van der Waals surface area contributed by atoms with Gasteiger partial charge in [0.05, 0.1) is 17.0 Å². The molecule has 4 aromatic rings. The van der Waals surface area contributed by atoms with Crippen LogP contribution in [0.15, 0.2) is 54.7 Å². The zero-order valence-corrected chi connectivity index (χ0v) is 26.8. The Balaban J connectivity index is 1.70. The lowest BCUT2D eigenvalue weighted by Gasteiger charge is -2.42. The maximum Gasteiger partial charge on any atom is 0.272 e. The van der Waals surface area contributed by atoms with E-state index in [0.29, 0.717) is 46.5 Å². The Hall–Kier alpha value is -3.67. The molecule has 1 aliphatic heterocycles. The van der Waals surface area contributed by atoms with Crippen molar-refractivity contribution in [2.45, 2.75) is 51.4 Å². The predicted molar refractivity (Wildman–Crippen MR) is 167 cm³/mol. The van der Waals surface area contributed by atoms with E-state index in [4.69, 9.17) is 21.3 Å². The molecule has 240 valence electrons. The van der Waals surface area contributed by atoms with Crippen LogP contribution in [0.25, 0.3) is 11.3 Å². The molecule has 1 amide bonds. The highest BCUT2D eigenvalue weighted by atomic mass is 35.5. The fourth-order valence-electron chi connectivity index (χ4n) is 6.07. The zero-order valence-electron chi connectivity index (χ0n) is 26.0. The van der Waals surface area contributed by atoms with Crippen molar-refractivity contribution >= 4 is 17.5 Å². The van der Waals surface area contributed by atoms with Crippen LogP contribution in [-0.2, 0) is 18.3 Å². The van der Waals surface area contributed by atoms with Crippen molar-refractivity contribution in [3.63, 3.8) is 0 Å². The number of benzene rings is 2. The van der Waals surface area contributed by atoms with Gasteiger partial charge in [0.1, 0.15) is 35.9 Å². The number of hydrogen-bond donors (Lipinski definition) is 1. The second-order valence-electron chi connectivity index (χ2n) is 12.2. The summed E-state index contributed by atoms with van der Waals surface area (Å²) in [5, 5.41) is 7.93. The van der Waals surface area contributed by atoms with Crippen molar-refractivity contribution < 1.29 is 22.7 Å². The Bertz CT molecular complexity index is 1670. The lowest BCUT2D eigenvalue weighted by molar-refractivity contribution is -0.0540. The van der Waals surface area contributed by atoms with Crippen LogP contribution in [0.3, 0.4) is 0 Å². The minimum absolute atomic E-state index is 0.0596. The number of amides is 1. The van der Waals surface area contributed by atoms with Crippen LogP contribution in [0.1, 0.15) is 53.9 Å². The molecule has 5 rings (SSSR count). The molecule has 45 heavy (non-hydrogen) atoms. The smallest absolute Gasteiger partial charge is 0.272 e. The van der Waals surface area contributed by atoms with Crippen molar-refractivity contribution in [2.24, 2.45) is 13.0 Å². The molecule has 1 N–H and O–H groups in total. The highest BCUT2D eigenvalue weighted by Crippen LogP contribution is 2.38. The van der Waals surface area contributed by atoms with E-state index in [1.807, 2.05) is 20.8 Å². The topological polar surface area (TPSA) is 77.2 Å². The SMILES string of the molecule is COC(C)(C)[C@H](c1nc(-c2cc(Cl)ccc2F)cn1Cc1cccc(F)c1)N(C[C@@H]1CN[C@H](CF)C1)C(=O)c1cc(C)nn1C. The standard InChI is InChI=1S/C33H38ClF3N6O2/c1-20-11-29(41(4)40-20)32(44)43(18-22-13-25(15-35)38-16-22)30(33(2,3)45-5)31-39-28(26-14-23(34)9-10-27(26)37)19-42(31)17-21-7-6-8-24(36)12-21/h6-12,14,19,22,25,30,38H,13,15-18H2,1-5H3/t22-,25-,30-/m0/s1. The number of methoxy groups -OCH3 is 1. The molecule has 0 bridgehead atoms. The molecule has 1 fully saturated rings. The highest BCUT2D eigenvalue weighted by molar-refractivity contribution is 6.30. The van der Waals surface area contributed by atoms with Crippen molar-refractivity contribution in [3.05, 3.63) is 94.2 Å². The highest BCUT2D eigenvalue weighted by Gasteiger charge is 2.44. The molecule has 8 nitrogen and oxygen atoms in total. The minimum atomic E-state index is -1.02. The summed E-state index contributed by atoms with van der Waals surface area (Å²) in [5.41, 5.74) is 1.14. The van der Waals surface area contributed by atoms with E-state index in [1.165, 1.54) is 35.0 Å². The van der Waals surface area contributed by atoms with E-state index in [1.54, 1.807) is 48.0 Å². The van der Waals surface area contributed by atoms with Gasteiger partial charge in [-0.1, -0.05) is 23.7 Å². The number of aryl methyl sites for hydroxylation is 2. The Labute approximate surface area is 266 Å². The van der Waals surface area contributed by atoms with Crippen molar-refractivity contribution in [1.29, 1.82) is 0 Å². The van der Waals surface area contributed by atoms with Crippen LogP contribution >= 0.6 is 11.6 Å². The number of carbonyl (C=O) groups is 1. The molecule has 0 saturated carbocycles. The van der Waals surface area contributed by atoms with Gasteiger partial charge < -0.3 is 19.5 Å². The largest absolute Gasteiger partial charge is 0.376 e. The van der Waals surface area contributed by atoms with Gasteiger partial charge in [-0.25, -0.2) is 18.2 Å². The zero-order chi connectivity index (χ0) is 32.5. The maximum atomic E-state index is 15.2. The summed E-state index contributed by atoms with van der Waals surface area (Å²) in [7, 11) is 3.26. The number of aromatic nitrogens is 4. The molecule has 2 aromatic carbocycles. The summed E-state index contributed by atoms with van der Waals surface area (Å²) in [4.78, 5) is 21.2. The summed E-state index contributed by atoms with van der Waals surface area (Å²) in [5.74, 6) is -0.885. The molecule has 0 aliphatic carbocycles. The molecule has 12 heteroatoms. The second-order valence-corrected chi connectivity index (χ2v) is 12.6. The summed E-state index contributed by atoms with van der Waals surface area (Å²) in [6.45, 7) is 5.97. The summed E-state index contributed by atoms with van der Waals surface area (Å²) in [6.07, 6.45) is 2.22. The average Bonchev–Trinajstić information content (AvgIpc) is 3.72. The first-order valence-corrected chi connectivity index (χ1v) is 15.2. The first-order chi connectivity index (χ1) is 21.4. The Kier molecular flexibility index (Phi) is 9.71. The van der Waals surface area contributed by atoms with Crippen molar-refractivity contribution in [2.75, 3.05) is 26.9 Å². The van der Waals surface area contributed by atoms with E-state index < -0.39 is 30.0 Å². The maximum absolute atomic E-state index is 15.2. The molecule has 1 aliphatic rings. The number of hydrogen-bond acceptors (Lipinski definition) is 5. The Morgan fingerprint density at radius 2 is 2.00 bits per heavy atom. The third-order valence-corrected chi connectivity index (χ3v) is 8.67. The molecule has 2 aromatic heterocycles. The van der Waals surface area contributed by atoms with Crippen LogP contribution in [0.5, 0.6) is 0 Å². The number of nitrogens with one attached hydrogen (secondary N) is 1. The minimum Gasteiger partial charge on any atom is -0.376 e. The van der Waals surface area contributed by atoms with E-state index in [-0.39, 0.29) is 36.5 Å². The van der Waals surface area contributed by atoms with Gasteiger partial charge in [0.2, 0.25) is 0 Å². The van der Waals surface area contributed by atoms with Gasteiger partial charge in [0.15, 0.2) is 0 Å². The van der Waals surface area contributed by atoms with Crippen molar-refractivity contribution in [3.8, 4) is 11.3 Å². The molecule has 3 atom stereocenters. The fourth-order valence-corrected chi connectivity index (χ4v) is 6.24. The number of carbonyl (C=O) groups excluding carboxylic acids is 1. The summed E-state index contributed by atoms with van der Waals surface area (Å²) < 4.78 is 52.5. The quantitative estimate of drug-likeness (QED) is 0.213.